The Labute approximate surface area is 192 Å². The molecule has 0 aliphatic heterocycles. The molecule has 1 heterocycles. The van der Waals surface area contributed by atoms with E-state index in [1.165, 1.54) is 12.1 Å². The summed E-state index contributed by atoms with van der Waals surface area (Å²) in [6.07, 6.45) is 3.15. The average molecular weight is 453 g/mol. The van der Waals surface area contributed by atoms with Crippen LogP contribution in [0.4, 0.5) is 16.0 Å². The highest BCUT2D eigenvalue weighted by atomic mass is 19.1. The van der Waals surface area contributed by atoms with Crippen LogP contribution in [0.15, 0.2) is 42.5 Å². The van der Waals surface area contributed by atoms with Crippen molar-refractivity contribution in [1.82, 2.24) is 14.9 Å². The van der Waals surface area contributed by atoms with Gasteiger partial charge in [-0.15, -0.1) is 0 Å². The van der Waals surface area contributed by atoms with Gasteiger partial charge in [-0.25, -0.2) is 9.37 Å². The van der Waals surface area contributed by atoms with Gasteiger partial charge in [-0.2, -0.15) is 0 Å². The standard InChI is InChI=1S/C25H29FN4O3/c1-15-10-19(13-25(2,3)12-15)30-21-9-4-16(23(33)27-14-22(31)32)11-20(21)29-24(30)28-18-7-5-17(26)6-8-18/h4-9,11,15,19H,10,12-14H2,1-3H3,(H,27,33)(H,28,29)(H,31,32)/t15?,19-/m1/s1. The molecule has 1 unspecified atom stereocenters. The molecular weight excluding hydrogens is 423 g/mol. The molecule has 8 heteroatoms. The van der Waals surface area contributed by atoms with Gasteiger partial charge in [0.2, 0.25) is 5.95 Å². The predicted molar refractivity (Wildman–Crippen MR) is 125 cm³/mol. The number of benzene rings is 2. The summed E-state index contributed by atoms with van der Waals surface area (Å²) in [6.45, 7) is 6.39. The number of nitrogens with one attached hydrogen (secondary N) is 2. The minimum absolute atomic E-state index is 0.183. The largest absolute Gasteiger partial charge is 0.480 e. The van der Waals surface area contributed by atoms with Crippen molar-refractivity contribution >= 4 is 34.5 Å². The molecular formula is C25H29FN4O3. The molecule has 1 saturated carbocycles. The normalized spacial score (nSPS) is 19.9. The molecule has 1 amide bonds. The third-order valence-electron chi connectivity index (χ3n) is 6.18. The summed E-state index contributed by atoms with van der Waals surface area (Å²) in [5.74, 6) is -0.692. The highest BCUT2D eigenvalue weighted by Gasteiger charge is 2.34. The average Bonchev–Trinajstić information content (AvgIpc) is 3.09. The number of carbonyl (C=O) groups is 2. The van der Waals surface area contributed by atoms with Crippen molar-refractivity contribution in [3.63, 3.8) is 0 Å². The van der Waals surface area contributed by atoms with E-state index in [4.69, 9.17) is 10.1 Å². The first-order valence-electron chi connectivity index (χ1n) is 11.2. The maximum absolute atomic E-state index is 13.4. The molecule has 1 fully saturated rings. The van der Waals surface area contributed by atoms with Crippen LogP contribution in [0.1, 0.15) is 56.4 Å². The number of amides is 1. The van der Waals surface area contributed by atoms with Crippen LogP contribution in [-0.4, -0.2) is 33.1 Å². The van der Waals surface area contributed by atoms with Crippen LogP contribution in [0.25, 0.3) is 11.0 Å². The number of imidazole rings is 1. The Hall–Kier alpha value is -3.42. The van der Waals surface area contributed by atoms with Gasteiger partial charge in [0.15, 0.2) is 0 Å². The number of carboxylic acids is 1. The fourth-order valence-corrected chi connectivity index (χ4v) is 5.11. The SMILES string of the molecule is CC1C[C@@H](n2c(Nc3ccc(F)cc3)nc3cc(C(=O)NCC(=O)O)ccc32)CC(C)(C)C1. The maximum atomic E-state index is 13.4. The number of fused-ring (bicyclic) bond motifs is 1. The molecule has 2 atom stereocenters. The fraction of sp³-hybridized carbons (Fsp3) is 0.400. The Balaban J connectivity index is 1.75. The topological polar surface area (TPSA) is 96.3 Å². The first-order valence-corrected chi connectivity index (χ1v) is 11.2. The number of anilines is 2. The van der Waals surface area contributed by atoms with E-state index in [1.54, 1.807) is 24.3 Å². The predicted octanol–water partition coefficient (Wildman–Crippen LogP) is 5.12. The molecule has 0 radical (unpaired) electrons. The lowest BCUT2D eigenvalue weighted by Crippen LogP contribution is -2.30. The Morgan fingerprint density at radius 2 is 1.91 bits per heavy atom. The molecule has 7 nitrogen and oxygen atoms in total. The summed E-state index contributed by atoms with van der Waals surface area (Å²) in [6, 6.07) is 11.6. The Bertz CT molecular complexity index is 1190. The number of aliphatic carboxylic acids is 1. The monoisotopic (exact) mass is 452 g/mol. The molecule has 4 rings (SSSR count). The van der Waals surface area contributed by atoms with Crippen molar-refractivity contribution in [3.05, 3.63) is 53.8 Å². The zero-order chi connectivity index (χ0) is 23.8. The smallest absolute Gasteiger partial charge is 0.322 e. The van der Waals surface area contributed by atoms with Crippen LogP contribution < -0.4 is 10.6 Å². The molecule has 1 aliphatic rings. The second kappa shape index (κ2) is 8.84. The highest BCUT2D eigenvalue weighted by Crippen LogP contribution is 2.46. The zero-order valence-corrected chi connectivity index (χ0v) is 19.1. The van der Waals surface area contributed by atoms with Gasteiger partial charge in [-0.1, -0.05) is 20.8 Å². The van der Waals surface area contributed by atoms with E-state index in [9.17, 15) is 14.0 Å². The lowest BCUT2D eigenvalue weighted by Gasteiger charge is -2.40. The third kappa shape index (κ3) is 5.16. The van der Waals surface area contributed by atoms with Crippen molar-refractivity contribution in [2.45, 2.75) is 46.1 Å². The van der Waals surface area contributed by atoms with Gasteiger partial charge >= 0.3 is 5.97 Å². The molecule has 3 N–H and O–H groups in total. The summed E-state index contributed by atoms with van der Waals surface area (Å²) in [7, 11) is 0. The molecule has 0 saturated heterocycles. The summed E-state index contributed by atoms with van der Waals surface area (Å²) >= 11 is 0. The van der Waals surface area contributed by atoms with Crippen molar-refractivity contribution in [3.8, 4) is 0 Å². The van der Waals surface area contributed by atoms with Gasteiger partial charge in [0.25, 0.3) is 5.91 Å². The quantitative estimate of drug-likeness (QED) is 0.482. The van der Waals surface area contributed by atoms with E-state index in [2.05, 4.69) is 36.0 Å². The number of rotatable bonds is 6. The maximum Gasteiger partial charge on any atom is 0.322 e. The summed E-state index contributed by atoms with van der Waals surface area (Å²) in [4.78, 5) is 27.9. The highest BCUT2D eigenvalue weighted by molar-refractivity contribution is 5.99. The lowest BCUT2D eigenvalue weighted by atomic mass is 9.70. The van der Waals surface area contributed by atoms with Crippen molar-refractivity contribution < 1.29 is 19.1 Å². The van der Waals surface area contributed by atoms with Gasteiger partial charge in [-0.05, 0) is 73.1 Å². The fourth-order valence-electron chi connectivity index (χ4n) is 5.11. The van der Waals surface area contributed by atoms with Crippen LogP contribution in [-0.2, 0) is 4.79 Å². The molecule has 33 heavy (non-hydrogen) atoms. The number of aromatic nitrogens is 2. The van der Waals surface area contributed by atoms with E-state index in [0.29, 0.717) is 22.9 Å². The molecule has 2 aromatic carbocycles. The second-order valence-electron chi connectivity index (χ2n) is 9.78. The van der Waals surface area contributed by atoms with E-state index in [1.807, 2.05) is 6.07 Å². The minimum Gasteiger partial charge on any atom is -0.480 e. The van der Waals surface area contributed by atoms with E-state index < -0.39 is 18.4 Å². The van der Waals surface area contributed by atoms with Crippen molar-refractivity contribution in [2.75, 3.05) is 11.9 Å². The van der Waals surface area contributed by atoms with Crippen LogP contribution >= 0.6 is 0 Å². The van der Waals surface area contributed by atoms with Crippen LogP contribution in [0, 0.1) is 17.2 Å². The molecule has 3 aromatic rings. The summed E-state index contributed by atoms with van der Waals surface area (Å²) in [5.41, 5.74) is 2.78. The number of hydrogen-bond acceptors (Lipinski definition) is 4. The lowest BCUT2D eigenvalue weighted by molar-refractivity contribution is -0.135. The summed E-state index contributed by atoms with van der Waals surface area (Å²) in [5, 5.41) is 14.5. The Morgan fingerprint density at radius 3 is 2.58 bits per heavy atom. The van der Waals surface area contributed by atoms with Crippen LogP contribution in [0.2, 0.25) is 0 Å². The molecule has 1 aliphatic carbocycles. The van der Waals surface area contributed by atoms with Gasteiger partial charge in [0.05, 0.1) is 11.0 Å². The van der Waals surface area contributed by atoms with E-state index in [-0.39, 0.29) is 17.3 Å². The number of nitrogens with zero attached hydrogens (tertiary/aromatic N) is 2. The van der Waals surface area contributed by atoms with Gasteiger partial charge in [-0.3, -0.25) is 9.59 Å². The molecule has 0 spiro atoms. The van der Waals surface area contributed by atoms with Gasteiger partial charge < -0.3 is 20.3 Å². The van der Waals surface area contributed by atoms with Crippen LogP contribution in [0.3, 0.4) is 0 Å². The van der Waals surface area contributed by atoms with Crippen molar-refractivity contribution in [1.29, 1.82) is 0 Å². The van der Waals surface area contributed by atoms with E-state index in [0.717, 1.165) is 30.5 Å². The second-order valence-corrected chi connectivity index (χ2v) is 9.78. The third-order valence-corrected chi connectivity index (χ3v) is 6.18. The van der Waals surface area contributed by atoms with E-state index >= 15 is 0 Å². The Kier molecular flexibility index (Phi) is 6.10. The zero-order valence-electron chi connectivity index (χ0n) is 19.1. The summed E-state index contributed by atoms with van der Waals surface area (Å²) < 4.78 is 15.6. The van der Waals surface area contributed by atoms with Gasteiger partial charge in [0.1, 0.15) is 12.4 Å². The molecule has 0 bridgehead atoms. The Morgan fingerprint density at radius 1 is 1.18 bits per heavy atom. The molecule has 1 aromatic heterocycles. The number of carbonyl (C=O) groups excluding carboxylic acids is 1. The van der Waals surface area contributed by atoms with Crippen LogP contribution in [0.5, 0.6) is 0 Å². The number of carboxylic acid groups (broad SMARTS) is 1. The number of halogens is 1. The first-order chi connectivity index (χ1) is 15.6. The molecule has 174 valence electrons. The first kappa shape index (κ1) is 22.8. The van der Waals surface area contributed by atoms with Gasteiger partial charge in [0, 0.05) is 17.3 Å². The van der Waals surface area contributed by atoms with Crippen molar-refractivity contribution in [2.24, 2.45) is 11.3 Å². The minimum atomic E-state index is -1.10. The number of hydrogen-bond donors (Lipinski definition) is 3.